The van der Waals surface area contributed by atoms with Gasteiger partial charge in [0.1, 0.15) is 5.60 Å². The van der Waals surface area contributed by atoms with Crippen LogP contribution in [0.25, 0.3) is 0 Å². The van der Waals surface area contributed by atoms with Crippen molar-refractivity contribution >= 4 is 6.09 Å². The van der Waals surface area contributed by atoms with Gasteiger partial charge in [0.15, 0.2) is 0 Å². The Morgan fingerprint density at radius 2 is 2.13 bits per heavy atom. The van der Waals surface area contributed by atoms with Crippen molar-refractivity contribution in [3.8, 4) is 0 Å². The summed E-state index contributed by atoms with van der Waals surface area (Å²) in [6, 6.07) is 0.244. The highest BCUT2D eigenvalue weighted by atomic mass is 16.6. The van der Waals surface area contributed by atoms with E-state index in [4.69, 9.17) is 10.5 Å². The van der Waals surface area contributed by atoms with Gasteiger partial charge in [0.05, 0.1) is 0 Å². The normalized spacial score (nSPS) is 26.4. The fourth-order valence-corrected chi connectivity index (χ4v) is 1.89. The van der Waals surface area contributed by atoms with Crippen LogP contribution in [0.2, 0.25) is 0 Å². The van der Waals surface area contributed by atoms with Crippen molar-refractivity contribution in [2.24, 2.45) is 11.7 Å². The third kappa shape index (κ3) is 4.51. The minimum absolute atomic E-state index is 0.244. The van der Waals surface area contributed by atoms with Gasteiger partial charge in [0.25, 0.3) is 0 Å². The molecule has 0 saturated heterocycles. The van der Waals surface area contributed by atoms with Crippen LogP contribution >= 0.6 is 0 Å². The van der Waals surface area contributed by atoms with E-state index in [1.165, 1.54) is 0 Å². The van der Waals surface area contributed by atoms with Gasteiger partial charge in [0.2, 0.25) is 0 Å². The summed E-state index contributed by atoms with van der Waals surface area (Å²) in [6.07, 6.45) is 2.79. The molecule has 4 heteroatoms. The zero-order valence-electron chi connectivity index (χ0n) is 9.88. The Labute approximate surface area is 91.5 Å². The molecule has 0 aromatic heterocycles. The fraction of sp³-hybridized carbons (Fsp3) is 0.909. The lowest BCUT2D eigenvalue weighted by molar-refractivity contribution is 0.0504. The number of ether oxygens (including phenoxy) is 1. The molecule has 0 unspecified atom stereocenters. The Balaban J connectivity index is 2.28. The second kappa shape index (κ2) is 4.84. The van der Waals surface area contributed by atoms with E-state index >= 15 is 0 Å². The average molecular weight is 214 g/mol. The molecule has 0 spiro atoms. The van der Waals surface area contributed by atoms with Gasteiger partial charge < -0.3 is 15.8 Å². The molecule has 1 rings (SSSR count). The first kappa shape index (κ1) is 12.3. The monoisotopic (exact) mass is 214 g/mol. The maximum absolute atomic E-state index is 11.4. The Hall–Kier alpha value is -0.770. The van der Waals surface area contributed by atoms with E-state index in [2.05, 4.69) is 5.32 Å². The molecule has 0 heterocycles. The summed E-state index contributed by atoms with van der Waals surface area (Å²) in [4.78, 5) is 11.4. The minimum Gasteiger partial charge on any atom is -0.444 e. The van der Waals surface area contributed by atoms with Gasteiger partial charge in [-0.05, 0) is 52.5 Å². The van der Waals surface area contributed by atoms with Crippen LogP contribution in [0.5, 0.6) is 0 Å². The van der Waals surface area contributed by atoms with Crippen LogP contribution in [0.4, 0.5) is 4.79 Å². The lowest BCUT2D eigenvalue weighted by Gasteiger charge is -2.21. The Morgan fingerprint density at radius 3 is 2.60 bits per heavy atom. The fourth-order valence-electron chi connectivity index (χ4n) is 1.89. The van der Waals surface area contributed by atoms with Gasteiger partial charge >= 0.3 is 6.09 Å². The number of hydrogen-bond donors (Lipinski definition) is 2. The zero-order chi connectivity index (χ0) is 11.5. The summed E-state index contributed by atoms with van der Waals surface area (Å²) in [5, 5.41) is 2.88. The average Bonchev–Trinajstić information content (AvgIpc) is 2.48. The van der Waals surface area contributed by atoms with Crippen LogP contribution < -0.4 is 11.1 Å². The van der Waals surface area contributed by atoms with Gasteiger partial charge in [-0.1, -0.05) is 0 Å². The summed E-state index contributed by atoms with van der Waals surface area (Å²) in [7, 11) is 0. The largest absolute Gasteiger partial charge is 0.444 e. The van der Waals surface area contributed by atoms with E-state index in [0.717, 1.165) is 19.3 Å². The van der Waals surface area contributed by atoms with E-state index in [-0.39, 0.29) is 12.1 Å². The molecule has 0 aliphatic heterocycles. The number of hydrogen-bond acceptors (Lipinski definition) is 3. The third-order valence-electron chi connectivity index (χ3n) is 2.60. The van der Waals surface area contributed by atoms with E-state index in [9.17, 15) is 4.79 Å². The minimum atomic E-state index is -0.421. The summed E-state index contributed by atoms with van der Waals surface area (Å²) < 4.78 is 5.19. The predicted octanol–water partition coefficient (Wildman–Crippen LogP) is 1.64. The molecule has 1 saturated carbocycles. The van der Waals surface area contributed by atoms with E-state index in [1.54, 1.807) is 0 Å². The van der Waals surface area contributed by atoms with Gasteiger partial charge in [0, 0.05) is 6.04 Å². The Morgan fingerprint density at radius 1 is 1.47 bits per heavy atom. The second-order valence-electron chi connectivity index (χ2n) is 5.26. The van der Waals surface area contributed by atoms with Crippen LogP contribution in [0.3, 0.4) is 0 Å². The molecule has 4 nitrogen and oxygen atoms in total. The number of amides is 1. The quantitative estimate of drug-likeness (QED) is 0.734. The van der Waals surface area contributed by atoms with Gasteiger partial charge in [-0.3, -0.25) is 0 Å². The molecule has 0 aromatic rings. The Kier molecular flexibility index (Phi) is 3.97. The van der Waals surface area contributed by atoms with Crippen LogP contribution in [0, 0.1) is 5.92 Å². The van der Waals surface area contributed by atoms with E-state index < -0.39 is 5.60 Å². The molecule has 1 aliphatic rings. The Bertz CT molecular complexity index is 223. The highest BCUT2D eigenvalue weighted by Crippen LogP contribution is 2.24. The molecule has 0 aromatic carbocycles. The van der Waals surface area contributed by atoms with Crippen molar-refractivity contribution in [3.63, 3.8) is 0 Å². The van der Waals surface area contributed by atoms with Crippen molar-refractivity contribution in [2.75, 3.05) is 6.54 Å². The smallest absolute Gasteiger partial charge is 0.407 e. The highest BCUT2D eigenvalue weighted by molar-refractivity contribution is 5.68. The first-order valence-electron chi connectivity index (χ1n) is 5.60. The van der Waals surface area contributed by atoms with Gasteiger partial charge in [-0.2, -0.15) is 0 Å². The molecule has 0 bridgehead atoms. The lowest BCUT2D eigenvalue weighted by Crippen LogP contribution is -2.38. The van der Waals surface area contributed by atoms with Crippen molar-refractivity contribution in [1.82, 2.24) is 5.32 Å². The number of alkyl carbamates (subject to hydrolysis) is 1. The van der Waals surface area contributed by atoms with Crippen molar-refractivity contribution in [3.05, 3.63) is 0 Å². The maximum Gasteiger partial charge on any atom is 0.407 e. The van der Waals surface area contributed by atoms with E-state index in [1.807, 2.05) is 20.8 Å². The van der Waals surface area contributed by atoms with Gasteiger partial charge in [-0.25, -0.2) is 4.79 Å². The molecule has 88 valence electrons. The van der Waals surface area contributed by atoms with Gasteiger partial charge in [-0.15, -0.1) is 0 Å². The lowest BCUT2D eigenvalue weighted by atomic mass is 10.1. The first-order chi connectivity index (χ1) is 6.90. The summed E-state index contributed by atoms with van der Waals surface area (Å²) >= 11 is 0. The SMILES string of the molecule is CC(C)(C)OC(=O)N[C@@H]1CC[C@H](CN)C1. The number of nitrogens with two attached hydrogens (primary N) is 1. The van der Waals surface area contributed by atoms with Crippen LogP contribution in [-0.2, 0) is 4.74 Å². The third-order valence-corrected chi connectivity index (χ3v) is 2.60. The molecule has 3 N–H and O–H groups in total. The highest BCUT2D eigenvalue weighted by Gasteiger charge is 2.26. The van der Waals surface area contributed by atoms with Crippen molar-refractivity contribution in [1.29, 1.82) is 0 Å². The van der Waals surface area contributed by atoms with Crippen LogP contribution in [0.1, 0.15) is 40.0 Å². The molecule has 0 radical (unpaired) electrons. The summed E-state index contributed by atoms with van der Waals surface area (Å²) in [6.45, 7) is 6.31. The topological polar surface area (TPSA) is 64.3 Å². The molecule has 1 amide bonds. The van der Waals surface area contributed by atoms with Crippen LogP contribution in [0.15, 0.2) is 0 Å². The molecular formula is C11H22N2O2. The molecule has 1 aliphatic carbocycles. The number of carbonyl (C=O) groups excluding carboxylic acids is 1. The molecule has 2 atom stereocenters. The van der Waals surface area contributed by atoms with E-state index in [0.29, 0.717) is 12.5 Å². The van der Waals surface area contributed by atoms with Crippen LogP contribution in [-0.4, -0.2) is 24.3 Å². The summed E-state index contributed by atoms with van der Waals surface area (Å²) in [5.41, 5.74) is 5.16. The standard InChI is InChI=1S/C11H22N2O2/c1-11(2,3)15-10(14)13-9-5-4-8(6-9)7-12/h8-9H,4-7,12H2,1-3H3,(H,13,14)/t8-,9+/m0/s1. The summed E-state index contributed by atoms with van der Waals surface area (Å²) in [5.74, 6) is 0.560. The molecule has 1 fully saturated rings. The molecule has 15 heavy (non-hydrogen) atoms. The number of carbonyl (C=O) groups is 1. The zero-order valence-corrected chi connectivity index (χ0v) is 9.88. The van der Waals surface area contributed by atoms with Crippen molar-refractivity contribution < 1.29 is 9.53 Å². The maximum atomic E-state index is 11.4. The first-order valence-corrected chi connectivity index (χ1v) is 5.60. The second-order valence-corrected chi connectivity index (χ2v) is 5.26. The van der Waals surface area contributed by atoms with Crippen molar-refractivity contribution in [2.45, 2.75) is 51.7 Å². The molecular weight excluding hydrogens is 192 g/mol. The number of rotatable bonds is 2. The predicted molar refractivity (Wildman–Crippen MR) is 59.6 cm³/mol. The number of nitrogens with one attached hydrogen (secondary N) is 1.